The number of fused-ring (bicyclic) bond motifs is 1. The molecule has 0 bridgehead atoms. The van der Waals surface area contributed by atoms with Gasteiger partial charge in [0.2, 0.25) is 0 Å². The highest BCUT2D eigenvalue weighted by Crippen LogP contribution is 2.61. The summed E-state index contributed by atoms with van der Waals surface area (Å²) in [5, 5.41) is 0. The van der Waals surface area contributed by atoms with Crippen LogP contribution in [0.1, 0.15) is 58.9 Å². The number of hydrogen-bond donors (Lipinski definition) is 0. The van der Waals surface area contributed by atoms with Gasteiger partial charge in [-0.05, 0) is 67.6 Å². The maximum Gasteiger partial charge on any atom is 0.302 e. The Bertz CT molecular complexity index is 702. The molecule has 1 heterocycles. The van der Waals surface area contributed by atoms with Crippen LogP contribution in [0.2, 0.25) is 0 Å². The van der Waals surface area contributed by atoms with Crippen molar-refractivity contribution in [3.05, 3.63) is 35.8 Å². The van der Waals surface area contributed by atoms with Gasteiger partial charge in [-0.2, -0.15) is 0 Å². The predicted molar refractivity (Wildman–Crippen MR) is 99.5 cm³/mol. The summed E-state index contributed by atoms with van der Waals surface area (Å²) in [4.78, 5) is 24.1. The molecule has 1 aromatic heterocycles. The Balaban J connectivity index is 1.98. The predicted octanol–water partition coefficient (Wildman–Crippen LogP) is 4.73. The molecule has 0 radical (unpaired) electrons. The standard InChI is InChI=1S/C22H30O4/c1-15-5-8-21(4)16(2)11-19(24)12-20(21)22(15,14-26-17(3)23)9-6-18-7-10-25-13-18/h7,10-11,13,15,20H,5-6,8-9,12,14H2,1-4H3/t15-,20+,21+,22+/m1/s1. The van der Waals surface area contributed by atoms with Gasteiger partial charge in [0.05, 0.1) is 19.1 Å². The average Bonchev–Trinajstić information content (AvgIpc) is 3.09. The molecular weight excluding hydrogens is 328 g/mol. The molecule has 0 amide bonds. The number of rotatable bonds is 5. The Morgan fingerprint density at radius 3 is 2.85 bits per heavy atom. The fourth-order valence-corrected chi connectivity index (χ4v) is 5.31. The van der Waals surface area contributed by atoms with Gasteiger partial charge in [-0.3, -0.25) is 9.59 Å². The summed E-state index contributed by atoms with van der Waals surface area (Å²) < 4.78 is 10.8. The van der Waals surface area contributed by atoms with Crippen LogP contribution in [0, 0.1) is 22.7 Å². The minimum absolute atomic E-state index is 0.00301. The van der Waals surface area contributed by atoms with Crippen LogP contribution in [0.15, 0.2) is 34.7 Å². The monoisotopic (exact) mass is 358 g/mol. The van der Waals surface area contributed by atoms with Crippen LogP contribution in [0.25, 0.3) is 0 Å². The maximum atomic E-state index is 12.4. The van der Waals surface area contributed by atoms with Crippen LogP contribution in [0.5, 0.6) is 0 Å². The van der Waals surface area contributed by atoms with E-state index in [-0.39, 0.29) is 28.5 Å². The van der Waals surface area contributed by atoms with Crippen LogP contribution in [-0.2, 0) is 20.7 Å². The molecule has 0 unspecified atom stereocenters. The first-order valence-corrected chi connectivity index (χ1v) is 9.64. The first-order valence-electron chi connectivity index (χ1n) is 9.64. The number of allylic oxidation sites excluding steroid dienone is 2. The molecule has 142 valence electrons. The molecule has 0 spiro atoms. The van der Waals surface area contributed by atoms with Gasteiger partial charge in [0.25, 0.3) is 0 Å². The van der Waals surface area contributed by atoms with E-state index in [0.29, 0.717) is 18.9 Å². The molecule has 2 aliphatic carbocycles. The molecule has 3 rings (SSSR count). The Hall–Kier alpha value is -1.84. The zero-order valence-electron chi connectivity index (χ0n) is 16.3. The summed E-state index contributed by atoms with van der Waals surface area (Å²) in [6, 6.07) is 1.99. The summed E-state index contributed by atoms with van der Waals surface area (Å²) in [6.45, 7) is 8.50. The molecule has 4 nitrogen and oxygen atoms in total. The van der Waals surface area contributed by atoms with E-state index in [4.69, 9.17) is 9.15 Å². The van der Waals surface area contributed by atoms with Crippen molar-refractivity contribution in [3.63, 3.8) is 0 Å². The molecule has 2 aliphatic rings. The molecular formula is C22H30O4. The molecule has 1 saturated carbocycles. The van der Waals surface area contributed by atoms with Crippen molar-refractivity contribution in [1.29, 1.82) is 0 Å². The van der Waals surface area contributed by atoms with Gasteiger partial charge >= 0.3 is 5.97 Å². The largest absolute Gasteiger partial charge is 0.472 e. The zero-order chi connectivity index (χ0) is 18.9. The van der Waals surface area contributed by atoms with E-state index in [2.05, 4.69) is 20.8 Å². The third-order valence-electron chi connectivity index (χ3n) is 7.23. The third-order valence-corrected chi connectivity index (χ3v) is 7.23. The maximum absolute atomic E-state index is 12.4. The number of aryl methyl sites for hydroxylation is 1. The first kappa shape index (κ1) is 18.9. The second-order valence-corrected chi connectivity index (χ2v) is 8.55. The van der Waals surface area contributed by atoms with Crippen molar-refractivity contribution in [2.24, 2.45) is 22.7 Å². The Kier molecular flexibility index (Phi) is 5.14. The minimum Gasteiger partial charge on any atom is -0.472 e. The van der Waals surface area contributed by atoms with Crippen molar-refractivity contribution in [3.8, 4) is 0 Å². The van der Waals surface area contributed by atoms with E-state index in [0.717, 1.165) is 31.2 Å². The molecule has 0 aliphatic heterocycles. The average molecular weight is 358 g/mol. The van der Waals surface area contributed by atoms with E-state index in [1.165, 1.54) is 12.5 Å². The van der Waals surface area contributed by atoms with Crippen LogP contribution < -0.4 is 0 Å². The summed E-state index contributed by atoms with van der Waals surface area (Å²) in [7, 11) is 0. The van der Waals surface area contributed by atoms with Crippen molar-refractivity contribution in [2.75, 3.05) is 6.61 Å². The highest BCUT2D eigenvalue weighted by Gasteiger charge is 2.57. The molecule has 1 aromatic rings. The number of carbonyl (C=O) groups is 2. The molecule has 0 saturated heterocycles. The lowest BCUT2D eigenvalue weighted by atomic mass is 9.46. The van der Waals surface area contributed by atoms with E-state index in [1.807, 2.05) is 12.1 Å². The summed E-state index contributed by atoms with van der Waals surface area (Å²) >= 11 is 0. The Morgan fingerprint density at radius 1 is 1.42 bits per heavy atom. The van der Waals surface area contributed by atoms with Gasteiger partial charge in [0.15, 0.2) is 5.78 Å². The van der Waals surface area contributed by atoms with Gasteiger partial charge in [-0.25, -0.2) is 0 Å². The molecule has 0 N–H and O–H groups in total. The third kappa shape index (κ3) is 3.26. The Morgan fingerprint density at radius 2 is 2.19 bits per heavy atom. The number of esters is 1. The van der Waals surface area contributed by atoms with Crippen molar-refractivity contribution in [2.45, 2.75) is 59.8 Å². The lowest BCUT2D eigenvalue weighted by molar-refractivity contribution is -0.157. The molecule has 4 heteroatoms. The zero-order valence-corrected chi connectivity index (χ0v) is 16.3. The van der Waals surface area contributed by atoms with Gasteiger partial charge in [-0.1, -0.05) is 19.4 Å². The van der Waals surface area contributed by atoms with Crippen LogP contribution in [0.4, 0.5) is 0 Å². The van der Waals surface area contributed by atoms with E-state index >= 15 is 0 Å². The summed E-state index contributed by atoms with van der Waals surface area (Å²) in [6.07, 6.45) is 9.78. The van der Waals surface area contributed by atoms with Crippen molar-refractivity contribution < 1.29 is 18.7 Å². The van der Waals surface area contributed by atoms with Crippen molar-refractivity contribution in [1.82, 2.24) is 0 Å². The Labute approximate surface area is 156 Å². The lowest BCUT2D eigenvalue weighted by Crippen LogP contribution is -2.54. The normalized spacial score (nSPS) is 34.2. The van der Waals surface area contributed by atoms with Crippen LogP contribution >= 0.6 is 0 Å². The number of hydrogen-bond acceptors (Lipinski definition) is 4. The topological polar surface area (TPSA) is 56.5 Å². The summed E-state index contributed by atoms with van der Waals surface area (Å²) in [5.41, 5.74) is 2.14. The minimum atomic E-state index is -0.249. The molecule has 4 atom stereocenters. The fourth-order valence-electron chi connectivity index (χ4n) is 5.31. The molecule has 1 fully saturated rings. The SMILES string of the molecule is CC(=O)OC[C@@]1(CCc2ccoc2)[C@H](C)CC[C@@]2(C)C(C)=CC(=O)C[C@H]12. The number of ether oxygens (including phenoxy) is 1. The number of ketones is 1. The van der Waals surface area contributed by atoms with Gasteiger partial charge in [0.1, 0.15) is 0 Å². The van der Waals surface area contributed by atoms with Crippen molar-refractivity contribution >= 4 is 11.8 Å². The fraction of sp³-hybridized carbons (Fsp3) is 0.636. The lowest BCUT2D eigenvalue weighted by Gasteiger charge is -2.58. The van der Waals surface area contributed by atoms with Gasteiger partial charge in [-0.15, -0.1) is 0 Å². The molecule has 26 heavy (non-hydrogen) atoms. The second kappa shape index (κ2) is 7.05. The van der Waals surface area contributed by atoms with E-state index in [9.17, 15) is 9.59 Å². The van der Waals surface area contributed by atoms with E-state index < -0.39 is 0 Å². The first-order chi connectivity index (χ1) is 12.3. The smallest absolute Gasteiger partial charge is 0.302 e. The quantitative estimate of drug-likeness (QED) is 0.714. The van der Waals surface area contributed by atoms with Crippen LogP contribution in [-0.4, -0.2) is 18.4 Å². The number of furan rings is 1. The number of carbonyl (C=O) groups excluding carboxylic acids is 2. The highest BCUT2D eigenvalue weighted by atomic mass is 16.5. The van der Waals surface area contributed by atoms with Crippen LogP contribution in [0.3, 0.4) is 0 Å². The molecule has 0 aromatic carbocycles. The summed E-state index contributed by atoms with van der Waals surface area (Å²) in [5.74, 6) is 0.546. The van der Waals surface area contributed by atoms with E-state index in [1.54, 1.807) is 12.5 Å². The van der Waals surface area contributed by atoms with Gasteiger partial charge < -0.3 is 9.15 Å². The second-order valence-electron chi connectivity index (χ2n) is 8.55. The highest BCUT2D eigenvalue weighted by molar-refractivity contribution is 5.92. The van der Waals surface area contributed by atoms with Gasteiger partial charge in [0, 0.05) is 18.8 Å².